The average Bonchev–Trinajstić information content (AvgIpc) is 2.45. The summed E-state index contributed by atoms with van der Waals surface area (Å²) in [7, 11) is 0. The Morgan fingerprint density at radius 2 is 1.90 bits per heavy atom. The fourth-order valence-electron chi connectivity index (χ4n) is 1.27. The van der Waals surface area contributed by atoms with Crippen LogP contribution in [-0.2, 0) is 4.79 Å². The van der Waals surface area contributed by atoms with Gasteiger partial charge in [0.2, 0.25) is 0 Å². The van der Waals surface area contributed by atoms with Crippen LogP contribution in [0.1, 0.15) is 12.5 Å². The highest BCUT2D eigenvalue weighted by atomic mass is 16.5. The van der Waals surface area contributed by atoms with Crippen LogP contribution in [0.3, 0.4) is 0 Å². The van der Waals surface area contributed by atoms with Crippen LogP contribution in [-0.4, -0.2) is 5.97 Å². The Morgan fingerprint density at radius 3 is 2.30 bits per heavy atom. The maximum atomic E-state index is 11.3. The van der Waals surface area contributed by atoms with Gasteiger partial charge in [0.25, 0.3) is 5.70 Å². The average molecular weight is 263 g/mol. The fraction of sp³-hybridized carbons (Fsp3) is 0.0667. The molecule has 96 valence electrons. The molecule has 0 atom stereocenters. The minimum atomic E-state index is -0.548. The molecule has 0 spiro atoms. The summed E-state index contributed by atoms with van der Waals surface area (Å²) >= 11 is 0. The van der Waals surface area contributed by atoms with E-state index in [0.717, 1.165) is 0 Å². The molecule has 1 rings (SSSR count). The largest absolute Gasteiger partial charge is 0.423 e. The number of ether oxygens (including phenoxy) is 1. The van der Waals surface area contributed by atoms with Crippen molar-refractivity contribution in [3.05, 3.63) is 59.1 Å². The van der Waals surface area contributed by atoms with Gasteiger partial charge < -0.3 is 4.74 Å². The van der Waals surface area contributed by atoms with Crippen molar-refractivity contribution in [2.45, 2.75) is 6.92 Å². The third kappa shape index (κ3) is 3.32. The van der Waals surface area contributed by atoms with E-state index in [0.29, 0.717) is 11.3 Å². The van der Waals surface area contributed by atoms with Gasteiger partial charge in [-0.3, -0.25) is 0 Å². The molecule has 0 bridgehead atoms. The molecule has 0 N–H and O–H groups in total. The van der Waals surface area contributed by atoms with E-state index in [-0.39, 0.29) is 16.8 Å². The third-order valence-corrected chi connectivity index (χ3v) is 2.27. The lowest BCUT2D eigenvalue weighted by atomic mass is 10.1. The van der Waals surface area contributed by atoms with Gasteiger partial charge in [0.1, 0.15) is 5.75 Å². The van der Waals surface area contributed by atoms with Crippen LogP contribution in [0.2, 0.25) is 0 Å². The molecule has 0 aliphatic carbocycles. The van der Waals surface area contributed by atoms with E-state index in [1.165, 1.54) is 31.2 Å². The lowest BCUT2D eigenvalue weighted by Crippen LogP contribution is -2.07. The SMILES string of the molecule is [C-]#[N+]C(C#N)=C(C#N)c1ccc(OC(=O)C(=C)C)cc1. The van der Waals surface area contributed by atoms with Gasteiger partial charge in [-0.2, -0.15) is 5.26 Å². The van der Waals surface area contributed by atoms with Gasteiger partial charge in [0.05, 0.1) is 24.3 Å². The molecule has 5 nitrogen and oxygen atoms in total. The molecule has 0 saturated heterocycles. The van der Waals surface area contributed by atoms with Gasteiger partial charge in [-0.1, -0.05) is 18.7 Å². The summed E-state index contributed by atoms with van der Waals surface area (Å²) in [6.07, 6.45) is 0. The Bertz CT molecular complexity index is 691. The number of carbonyl (C=O) groups excluding carboxylic acids is 1. The van der Waals surface area contributed by atoms with E-state index in [2.05, 4.69) is 11.4 Å². The van der Waals surface area contributed by atoms with E-state index in [9.17, 15) is 4.79 Å². The van der Waals surface area contributed by atoms with Crippen LogP contribution >= 0.6 is 0 Å². The second kappa shape index (κ2) is 6.54. The van der Waals surface area contributed by atoms with E-state index >= 15 is 0 Å². The number of hydrogen-bond donors (Lipinski definition) is 0. The van der Waals surface area contributed by atoms with Crippen molar-refractivity contribution in [3.63, 3.8) is 0 Å². The molecule has 1 aromatic rings. The molecule has 0 aliphatic rings. The maximum Gasteiger partial charge on any atom is 0.338 e. The molecule has 0 aromatic heterocycles. The summed E-state index contributed by atoms with van der Waals surface area (Å²) in [5.41, 5.74) is 0.390. The van der Waals surface area contributed by atoms with Crippen molar-refractivity contribution >= 4 is 11.5 Å². The van der Waals surface area contributed by atoms with E-state index in [4.69, 9.17) is 21.8 Å². The van der Waals surface area contributed by atoms with Crippen LogP contribution in [0.25, 0.3) is 10.4 Å². The third-order valence-electron chi connectivity index (χ3n) is 2.27. The molecule has 0 saturated carbocycles. The lowest BCUT2D eigenvalue weighted by Gasteiger charge is -2.05. The fourth-order valence-corrected chi connectivity index (χ4v) is 1.27. The Kier molecular flexibility index (Phi) is 4.81. The number of rotatable bonds is 3. The molecule has 5 heteroatoms. The summed E-state index contributed by atoms with van der Waals surface area (Å²) in [6.45, 7) is 11.8. The molecule has 1 aromatic carbocycles. The Balaban J connectivity index is 3.10. The highest BCUT2D eigenvalue weighted by Crippen LogP contribution is 2.22. The number of hydrogen-bond acceptors (Lipinski definition) is 4. The van der Waals surface area contributed by atoms with E-state index in [1.807, 2.05) is 6.07 Å². The Labute approximate surface area is 116 Å². The van der Waals surface area contributed by atoms with Gasteiger partial charge >= 0.3 is 5.97 Å². The Hall–Kier alpha value is -3.36. The number of esters is 1. The lowest BCUT2D eigenvalue weighted by molar-refractivity contribution is -0.130. The van der Waals surface area contributed by atoms with Gasteiger partial charge in [0, 0.05) is 5.57 Å². The van der Waals surface area contributed by atoms with Crippen molar-refractivity contribution in [1.82, 2.24) is 0 Å². The summed E-state index contributed by atoms with van der Waals surface area (Å²) in [4.78, 5) is 14.3. The molecule has 0 unspecified atom stereocenters. The molecule has 0 aliphatic heterocycles. The quantitative estimate of drug-likeness (QED) is 0.276. The van der Waals surface area contributed by atoms with E-state index in [1.54, 1.807) is 6.07 Å². The van der Waals surface area contributed by atoms with Crippen molar-refractivity contribution in [3.8, 4) is 17.9 Å². The number of nitrogens with zero attached hydrogens (tertiary/aromatic N) is 3. The van der Waals surface area contributed by atoms with Crippen molar-refractivity contribution in [2.24, 2.45) is 0 Å². The van der Waals surface area contributed by atoms with Gasteiger partial charge in [-0.15, -0.1) is 0 Å². The molecule has 0 fully saturated rings. The second-order valence-corrected chi connectivity index (χ2v) is 3.75. The van der Waals surface area contributed by atoms with Crippen LogP contribution < -0.4 is 4.74 Å². The topological polar surface area (TPSA) is 78.2 Å². The summed E-state index contributed by atoms with van der Waals surface area (Å²) in [5.74, 6) is -0.256. The first-order chi connectivity index (χ1) is 9.53. The summed E-state index contributed by atoms with van der Waals surface area (Å²) < 4.78 is 4.99. The normalized spacial score (nSPS) is 10.3. The Morgan fingerprint density at radius 1 is 1.30 bits per heavy atom. The van der Waals surface area contributed by atoms with Crippen LogP contribution in [0.4, 0.5) is 0 Å². The highest BCUT2D eigenvalue weighted by molar-refractivity contribution is 5.89. The van der Waals surface area contributed by atoms with Gasteiger partial charge in [0.15, 0.2) is 0 Å². The minimum absolute atomic E-state index is 0.0136. The zero-order valence-corrected chi connectivity index (χ0v) is 10.7. The van der Waals surface area contributed by atoms with Gasteiger partial charge in [-0.25, -0.2) is 14.9 Å². The highest BCUT2D eigenvalue weighted by Gasteiger charge is 2.10. The number of carbonyl (C=O) groups is 1. The predicted molar refractivity (Wildman–Crippen MR) is 71.6 cm³/mol. The molecule has 0 amide bonds. The number of nitriles is 2. The smallest absolute Gasteiger partial charge is 0.338 e. The molecular formula is C15H9N3O2. The molecule has 20 heavy (non-hydrogen) atoms. The first-order valence-corrected chi connectivity index (χ1v) is 5.43. The van der Waals surface area contributed by atoms with Crippen molar-refractivity contribution < 1.29 is 9.53 Å². The molecule has 0 radical (unpaired) electrons. The van der Waals surface area contributed by atoms with Gasteiger partial charge in [-0.05, 0) is 24.6 Å². The first kappa shape index (κ1) is 14.7. The monoisotopic (exact) mass is 263 g/mol. The van der Waals surface area contributed by atoms with Crippen LogP contribution in [0.5, 0.6) is 5.75 Å². The second-order valence-electron chi connectivity index (χ2n) is 3.75. The molecular weight excluding hydrogens is 254 g/mol. The zero-order valence-electron chi connectivity index (χ0n) is 10.7. The number of allylic oxidation sites excluding steroid dienone is 2. The van der Waals surface area contributed by atoms with Crippen molar-refractivity contribution in [1.29, 1.82) is 10.5 Å². The van der Waals surface area contributed by atoms with Crippen molar-refractivity contribution in [2.75, 3.05) is 0 Å². The van der Waals surface area contributed by atoms with E-state index < -0.39 is 5.97 Å². The van der Waals surface area contributed by atoms with Crippen LogP contribution in [0.15, 0.2) is 42.1 Å². The first-order valence-electron chi connectivity index (χ1n) is 5.43. The van der Waals surface area contributed by atoms with Crippen LogP contribution in [0, 0.1) is 29.2 Å². The zero-order chi connectivity index (χ0) is 15.1. The predicted octanol–water partition coefficient (Wildman–Crippen LogP) is 2.85. The summed E-state index contributed by atoms with van der Waals surface area (Å²) in [6, 6.07) is 9.45. The number of benzene rings is 1. The molecule has 0 heterocycles. The standard InChI is InChI=1S/C15H9N3O2/c1-10(2)15(19)20-12-6-4-11(5-7-12)13(8-16)14(9-17)18-3/h4-7H,1H2,2H3. The summed E-state index contributed by atoms with van der Waals surface area (Å²) in [5, 5.41) is 17.8. The minimum Gasteiger partial charge on any atom is -0.423 e. The maximum absolute atomic E-state index is 11.3.